The number of nitrogens with one attached hydrogen (secondary N) is 1. The minimum Gasteiger partial charge on any atom is -0.374 e. The molecule has 3 aromatic heterocycles. The molecule has 1 saturated heterocycles. The van der Waals surface area contributed by atoms with Gasteiger partial charge in [0.1, 0.15) is 5.71 Å². The Morgan fingerprint density at radius 1 is 1.32 bits per heavy atom. The van der Waals surface area contributed by atoms with E-state index in [2.05, 4.69) is 35.5 Å². The van der Waals surface area contributed by atoms with E-state index in [9.17, 15) is 9.90 Å². The van der Waals surface area contributed by atoms with Crippen molar-refractivity contribution in [2.75, 3.05) is 18.9 Å². The fraction of sp³-hybridized carbons (Fsp3) is 0.318. The summed E-state index contributed by atoms with van der Waals surface area (Å²) in [4.78, 5) is 31.4. The third-order valence-electron chi connectivity index (χ3n) is 5.56. The van der Waals surface area contributed by atoms with Crippen molar-refractivity contribution >= 4 is 35.3 Å². The summed E-state index contributed by atoms with van der Waals surface area (Å²) in [5.74, 6) is 5.73. The molecule has 1 atom stereocenters. The lowest BCUT2D eigenvalue weighted by Crippen LogP contribution is -2.47. The molecule has 0 saturated carbocycles. The predicted octanol–water partition coefficient (Wildman–Crippen LogP) is 1.42. The Morgan fingerprint density at radius 3 is 2.79 bits per heavy atom. The number of anilines is 2. The number of rotatable bonds is 7. The van der Waals surface area contributed by atoms with Crippen LogP contribution in [-0.2, 0) is 11.3 Å². The molecule has 12 nitrogen and oxygen atoms in total. The molecule has 0 spiro atoms. The molecule has 0 aliphatic carbocycles. The van der Waals surface area contributed by atoms with Gasteiger partial charge in [-0.1, -0.05) is 6.07 Å². The van der Waals surface area contributed by atoms with E-state index in [4.69, 9.17) is 5.84 Å². The third kappa shape index (κ3) is 4.48. The Hall–Kier alpha value is -4.19. The molecule has 3 aromatic rings. The van der Waals surface area contributed by atoms with Crippen molar-refractivity contribution in [2.24, 2.45) is 15.9 Å². The number of carbonyl (C=O) groups excluding carboxylic acids is 1. The molecule has 0 aromatic carbocycles. The van der Waals surface area contributed by atoms with Crippen molar-refractivity contribution in [3.05, 3.63) is 42.4 Å². The average Bonchev–Trinajstić information content (AvgIpc) is 3.34. The number of aliphatic imine (C=N–C) groups is 1. The maximum atomic E-state index is 12.3. The molecular formula is C22H26N10O2. The quantitative estimate of drug-likeness (QED) is 0.270. The van der Waals surface area contributed by atoms with Gasteiger partial charge in [0, 0.05) is 39.0 Å². The van der Waals surface area contributed by atoms with Crippen molar-refractivity contribution in [1.82, 2.24) is 29.6 Å². The number of pyridine rings is 1. The molecule has 4 heterocycles. The summed E-state index contributed by atoms with van der Waals surface area (Å²) < 4.78 is 1.83. The van der Waals surface area contributed by atoms with Crippen LogP contribution in [0.5, 0.6) is 0 Å². The smallest absolute Gasteiger partial charge is 0.260 e. The van der Waals surface area contributed by atoms with Gasteiger partial charge in [-0.3, -0.25) is 9.48 Å². The van der Waals surface area contributed by atoms with Gasteiger partial charge in [-0.25, -0.2) is 19.9 Å². The van der Waals surface area contributed by atoms with Gasteiger partial charge >= 0.3 is 0 Å². The van der Waals surface area contributed by atoms with Gasteiger partial charge in [-0.15, -0.1) is 0 Å². The molecule has 1 fully saturated rings. The van der Waals surface area contributed by atoms with Crippen LogP contribution in [0.2, 0.25) is 0 Å². The van der Waals surface area contributed by atoms with E-state index in [-0.39, 0.29) is 12.1 Å². The van der Waals surface area contributed by atoms with E-state index in [0.29, 0.717) is 29.7 Å². The van der Waals surface area contributed by atoms with Crippen molar-refractivity contribution in [3.63, 3.8) is 0 Å². The molecule has 176 valence electrons. The van der Waals surface area contributed by atoms with Crippen LogP contribution in [0.15, 0.2) is 46.8 Å². The SMILES string of the molecule is CCn1cc(Nc2nccc(-c3cccc(/N=C/C(=N\N)[C@]4(O)CCN(C)C4=O)n3)n2)c(C)n1. The van der Waals surface area contributed by atoms with E-state index in [1.807, 2.05) is 24.7 Å². The number of nitrogens with zero attached hydrogens (tertiary/aromatic N) is 8. The summed E-state index contributed by atoms with van der Waals surface area (Å²) in [5, 5.41) is 21.9. The lowest BCUT2D eigenvalue weighted by atomic mass is 9.96. The number of nitrogens with two attached hydrogens (primary N) is 1. The Balaban J connectivity index is 1.55. The van der Waals surface area contributed by atoms with Gasteiger partial charge in [0.15, 0.2) is 11.4 Å². The minimum absolute atomic E-state index is 0.0226. The van der Waals surface area contributed by atoms with Crippen LogP contribution in [0, 0.1) is 6.92 Å². The molecule has 0 bridgehead atoms. The van der Waals surface area contributed by atoms with Crippen LogP contribution in [0.1, 0.15) is 19.0 Å². The van der Waals surface area contributed by atoms with E-state index in [0.717, 1.165) is 17.9 Å². The zero-order chi connectivity index (χ0) is 24.3. The number of carbonyl (C=O) groups is 1. The van der Waals surface area contributed by atoms with Gasteiger partial charge in [0.25, 0.3) is 5.91 Å². The fourth-order valence-electron chi connectivity index (χ4n) is 3.59. The number of hydrazone groups is 1. The summed E-state index contributed by atoms with van der Waals surface area (Å²) in [6.45, 7) is 5.09. The number of amides is 1. The van der Waals surface area contributed by atoms with E-state index in [1.165, 1.54) is 11.1 Å². The number of aliphatic hydroxyl groups is 1. The first kappa shape index (κ1) is 23.0. The Bertz CT molecular complexity index is 1270. The van der Waals surface area contributed by atoms with Crippen LogP contribution < -0.4 is 11.2 Å². The van der Waals surface area contributed by atoms with Crippen molar-refractivity contribution < 1.29 is 9.90 Å². The zero-order valence-corrected chi connectivity index (χ0v) is 19.2. The first-order valence-corrected chi connectivity index (χ1v) is 10.8. The minimum atomic E-state index is -1.79. The average molecular weight is 463 g/mol. The monoisotopic (exact) mass is 462 g/mol. The molecule has 4 rings (SSSR count). The summed E-state index contributed by atoms with van der Waals surface area (Å²) in [7, 11) is 1.61. The van der Waals surface area contributed by atoms with Crippen LogP contribution in [-0.4, -0.2) is 71.8 Å². The molecule has 34 heavy (non-hydrogen) atoms. The lowest BCUT2D eigenvalue weighted by molar-refractivity contribution is -0.136. The zero-order valence-electron chi connectivity index (χ0n) is 19.2. The summed E-state index contributed by atoms with van der Waals surface area (Å²) in [5.41, 5.74) is 1.02. The number of aryl methyl sites for hydroxylation is 2. The van der Waals surface area contributed by atoms with E-state index in [1.54, 1.807) is 37.5 Å². The van der Waals surface area contributed by atoms with Crippen LogP contribution in [0.4, 0.5) is 17.5 Å². The number of likely N-dealkylation sites (tertiary alicyclic amines) is 1. The summed E-state index contributed by atoms with van der Waals surface area (Å²) >= 11 is 0. The third-order valence-corrected chi connectivity index (χ3v) is 5.56. The van der Waals surface area contributed by atoms with Crippen LogP contribution >= 0.6 is 0 Å². The Kier molecular flexibility index (Phi) is 6.32. The molecule has 1 aliphatic heterocycles. The highest BCUT2D eigenvalue weighted by Gasteiger charge is 2.47. The molecule has 12 heteroatoms. The second kappa shape index (κ2) is 9.35. The lowest BCUT2D eigenvalue weighted by Gasteiger charge is -2.19. The maximum absolute atomic E-state index is 12.3. The van der Waals surface area contributed by atoms with Crippen LogP contribution in [0.25, 0.3) is 11.4 Å². The van der Waals surface area contributed by atoms with Crippen LogP contribution in [0.3, 0.4) is 0 Å². The molecule has 1 amide bonds. The summed E-state index contributed by atoms with van der Waals surface area (Å²) in [6, 6.07) is 7.00. The molecule has 4 N–H and O–H groups in total. The van der Waals surface area contributed by atoms with Crippen molar-refractivity contribution in [3.8, 4) is 11.4 Å². The van der Waals surface area contributed by atoms with Crippen molar-refractivity contribution in [1.29, 1.82) is 0 Å². The second-order valence-electron chi connectivity index (χ2n) is 7.86. The van der Waals surface area contributed by atoms with Gasteiger partial charge < -0.3 is 21.2 Å². The largest absolute Gasteiger partial charge is 0.374 e. The van der Waals surface area contributed by atoms with E-state index < -0.39 is 11.5 Å². The number of hydrogen-bond acceptors (Lipinski definition) is 10. The number of hydrogen-bond donors (Lipinski definition) is 3. The maximum Gasteiger partial charge on any atom is 0.260 e. The molecule has 0 unspecified atom stereocenters. The fourth-order valence-corrected chi connectivity index (χ4v) is 3.59. The Labute approximate surface area is 196 Å². The number of aromatic nitrogens is 5. The van der Waals surface area contributed by atoms with Gasteiger partial charge in [0.05, 0.1) is 29.0 Å². The standard InChI is InChI=1S/C22H26N10O2/c1-4-32-13-17(14(2)30-32)28-21-24-10-8-16(27-21)15-6-5-7-19(26-15)25-12-18(29-23)22(34)9-11-31(3)20(22)33/h5-8,10,12-13,34H,4,9,11,23H2,1-3H3,(H,24,27,28)/b25-12+,29-18+/t22-/m1/s1. The topological polar surface area (TPSA) is 160 Å². The van der Waals surface area contributed by atoms with Crippen molar-refractivity contribution in [2.45, 2.75) is 32.4 Å². The molecular weight excluding hydrogens is 436 g/mol. The van der Waals surface area contributed by atoms with Gasteiger partial charge in [0.2, 0.25) is 5.95 Å². The highest BCUT2D eigenvalue weighted by atomic mass is 16.3. The Morgan fingerprint density at radius 2 is 2.12 bits per heavy atom. The second-order valence-corrected chi connectivity index (χ2v) is 7.86. The first-order chi connectivity index (χ1) is 16.3. The molecule has 1 aliphatic rings. The van der Waals surface area contributed by atoms with Gasteiger partial charge in [-0.2, -0.15) is 10.2 Å². The first-order valence-electron chi connectivity index (χ1n) is 10.8. The van der Waals surface area contributed by atoms with Gasteiger partial charge in [-0.05, 0) is 32.0 Å². The predicted molar refractivity (Wildman–Crippen MR) is 128 cm³/mol. The summed E-state index contributed by atoms with van der Waals surface area (Å²) in [6.07, 6.45) is 4.99. The number of likely N-dealkylation sites (N-methyl/N-ethyl adjacent to an activating group) is 1. The van der Waals surface area contributed by atoms with E-state index >= 15 is 0 Å². The highest BCUT2D eigenvalue weighted by Crippen LogP contribution is 2.24. The highest BCUT2D eigenvalue weighted by molar-refractivity contribution is 6.40. The molecule has 0 radical (unpaired) electrons. The normalized spacial score (nSPS) is 18.8.